The van der Waals surface area contributed by atoms with E-state index in [1.54, 1.807) is 0 Å². The summed E-state index contributed by atoms with van der Waals surface area (Å²) in [5, 5.41) is 9.71. The molecule has 0 aliphatic heterocycles. The molecule has 0 saturated heterocycles. The van der Waals surface area contributed by atoms with Crippen LogP contribution in [-0.4, -0.2) is 0 Å². The second-order valence-corrected chi connectivity index (χ2v) is 17.3. The van der Waals surface area contributed by atoms with Crippen molar-refractivity contribution in [3.8, 4) is 22.3 Å². The Balaban J connectivity index is 1.26. The summed E-state index contributed by atoms with van der Waals surface area (Å²) in [6.07, 6.45) is 0. The van der Waals surface area contributed by atoms with E-state index >= 15 is 0 Å². The average molecular weight is 734 g/mol. The smallest absolute Gasteiger partial charge is 0.136 e. The number of benzene rings is 9. The van der Waals surface area contributed by atoms with Crippen molar-refractivity contribution >= 4 is 71.3 Å². The molecule has 1 aliphatic carbocycles. The normalized spacial score (nSPS) is 13.5. The van der Waals surface area contributed by atoms with Gasteiger partial charge in [-0.1, -0.05) is 156 Å². The van der Waals surface area contributed by atoms with Crippen molar-refractivity contribution in [1.82, 2.24) is 0 Å². The molecule has 9 aromatic carbocycles. The topological polar surface area (TPSA) is 16.4 Å². The molecule has 2 nitrogen and oxygen atoms in total. The quantitative estimate of drug-likeness (QED) is 0.179. The van der Waals surface area contributed by atoms with Crippen LogP contribution in [0.15, 0.2) is 174 Å². The van der Waals surface area contributed by atoms with Crippen LogP contribution in [-0.2, 0) is 10.8 Å². The minimum absolute atomic E-state index is 0.0271. The van der Waals surface area contributed by atoms with E-state index in [-0.39, 0.29) is 10.8 Å². The molecule has 11 rings (SSSR count). The molecule has 274 valence electrons. The molecule has 0 fully saturated rings. The van der Waals surface area contributed by atoms with Crippen LogP contribution in [0.1, 0.15) is 51.3 Å². The van der Waals surface area contributed by atoms with Gasteiger partial charge in [0.05, 0.1) is 11.4 Å². The molecule has 1 aromatic heterocycles. The van der Waals surface area contributed by atoms with Gasteiger partial charge in [0.25, 0.3) is 0 Å². The fraction of sp³-hybridized carbons (Fsp3) is 0.127. The van der Waals surface area contributed by atoms with Gasteiger partial charge in [0.2, 0.25) is 0 Å². The van der Waals surface area contributed by atoms with Gasteiger partial charge in [-0.25, -0.2) is 0 Å². The molecule has 10 aromatic rings. The van der Waals surface area contributed by atoms with Crippen LogP contribution < -0.4 is 4.90 Å². The number of furan rings is 1. The van der Waals surface area contributed by atoms with Crippen molar-refractivity contribution in [2.45, 2.75) is 45.4 Å². The van der Waals surface area contributed by atoms with Gasteiger partial charge < -0.3 is 9.32 Å². The highest BCUT2D eigenvalue weighted by Gasteiger charge is 2.37. The predicted molar refractivity (Wildman–Crippen MR) is 243 cm³/mol. The van der Waals surface area contributed by atoms with Gasteiger partial charge in [-0.05, 0) is 114 Å². The first-order chi connectivity index (χ1) is 27.7. The van der Waals surface area contributed by atoms with Gasteiger partial charge in [0, 0.05) is 32.8 Å². The highest BCUT2D eigenvalue weighted by molar-refractivity contribution is 6.18. The third-order valence-corrected chi connectivity index (χ3v) is 12.6. The van der Waals surface area contributed by atoms with Crippen molar-refractivity contribution in [1.29, 1.82) is 0 Å². The molecule has 0 unspecified atom stereocenters. The fourth-order valence-corrected chi connectivity index (χ4v) is 9.82. The van der Waals surface area contributed by atoms with Crippen molar-refractivity contribution in [2.24, 2.45) is 0 Å². The van der Waals surface area contributed by atoms with Gasteiger partial charge in [0.15, 0.2) is 0 Å². The summed E-state index contributed by atoms with van der Waals surface area (Å²) in [7, 11) is 0. The first-order valence-corrected chi connectivity index (χ1v) is 20.1. The lowest BCUT2D eigenvalue weighted by molar-refractivity contribution is 0.596. The number of fused-ring (bicyclic) bond motifs is 9. The summed E-state index contributed by atoms with van der Waals surface area (Å²) < 4.78 is 6.52. The molecule has 0 saturated carbocycles. The molecule has 0 spiro atoms. The van der Waals surface area contributed by atoms with Gasteiger partial charge in [-0.3, -0.25) is 0 Å². The largest absolute Gasteiger partial charge is 0.456 e. The van der Waals surface area contributed by atoms with Crippen molar-refractivity contribution < 1.29 is 4.42 Å². The summed E-state index contributed by atoms with van der Waals surface area (Å²) in [6, 6.07) is 62.8. The van der Waals surface area contributed by atoms with E-state index in [0.717, 1.165) is 44.6 Å². The fourth-order valence-electron chi connectivity index (χ4n) is 9.82. The lowest BCUT2D eigenvalue weighted by Crippen LogP contribution is -2.16. The number of anilines is 3. The molecule has 1 heterocycles. The first-order valence-electron chi connectivity index (χ1n) is 20.1. The number of hydrogen-bond donors (Lipinski definition) is 0. The van der Waals surface area contributed by atoms with Crippen LogP contribution in [0.4, 0.5) is 17.1 Å². The number of hydrogen-bond acceptors (Lipinski definition) is 2. The molecule has 1 aliphatic rings. The maximum atomic E-state index is 6.52. The number of rotatable bonds is 4. The maximum absolute atomic E-state index is 6.52. The Hall–Kier alpha value is -6.64. The van der Waals surface area contributed by atoms with Crippen LogP contribution >= 0.6 is 0 Å². The summed E-state index contributed by atoms with van der Waals surface area (Å²) in [4.78, 5) is 2.53. The van der Waals surface area contributed by atoms with E-state index in [0.29, 0.717) is 0 Å². The standard InChI is InChI=1S/C55H43NO/c1-54(2,3)45-28-30-48(40-20-11-10-19-39(40)45)56(37-26-27-46-44(33-37)43-31-35-16-6-7-17-36(35)32-47(43)55(46,4)5)49-29-25-34-15-8-9-18-38(34)52(49)42-22-14-24-51-53(42)41-21-12-13-23-50(41)57-51/h6-33H,1-5H3. The Kier molecular flexibility index (Phi) is 7.20. The maximum Gasteiger partial charge on any atom is 0.136 e. The third kappa shape index (κ3) is 5.03. The lowest BCUT2D eigenvalue weighted by Gasteiger charge is -2.32. The monoisotopic (exact) mass is 733 g/mol. The highest BCUT2D eigenvalue weighted by Crippen LogP contribution is 2.54. The van der Waals surface area contributed by atoms with E-state index in [4.69, 9.17) is 4.42 Å². The zero-order valence-electron chi connectivity index (χ0n) is 33.0. The predicted octanol–water partition coefficient (Wildman–Crippen LogP) is 15.8. The summed E-state index contributed by atoms with van der Waals surface area (Å²) in [5.74, 6) is 0. The second kappa shape index (κ2) is 12.2. The van der Waals surface area contributed by atoms with E-state index < -0.39 is 0 Å². The van der Waals surface area contributed by atoms with Crippen LogP contribution in [0, 0.1) is 0 Å². The minimum atomic E-state index is -0.134. The van der Waals surface area contributed by atoms with Crippen molar-refractivity contribution in [3.63, 3.8) is 0 Å². The van der Waals surface area contributed by atoms with Gasteiger partial charge >= 0.3 is 0 Å². The zero-order valence-corrected chi connectivity index (χ0v) is 33.0. The summed E-state index contributed by atoms with van der Waals surface area (Å²) in [6.45, 7) is 11.7. The van der Waals surface area contributed by atoms with Gasteiger partial charge in [-0.2, -0.15) is 0 Å². The van der Waals surface area contributed by atoms with Gasteiger partial charge in [0.1, 0.15) is 11.2 Å². The van der Waals surface area contributed by atoms with E-state index in [9.17, 15) is 0 Å². The Labute approximate surface area is 333 Å². The molecule has 2 heteroatoms. The molecule has 0 radical (unpaired) electrons. The number of nitrogens with zero attached hydrogens (tertiary/aromatic N) is 1. The van der Waals surface area contributed by atoms with E-state index in [2.05, 4.69) is 209 Å². The first kappa shape index (κ1) is 33.7. The van der Waals surface area contributed by atoms with Crippen LogP contribution in [0.3, 0.4) is 0 Å². The van der Waals surface area contributed by atoms with Crippen LogP contribution in [0.5, 0.6) is 0 Å². The Morgan fingerprint density at radius 3 is 1.88 bits per heavy atom. The van der Waals surface area contributed by atoms with Crippen molar-refractivity contribution in [2.75, 3.05) is 4.90 Å². The molecule has 0 N–H and O–H groups in total. The van der Waals surface area contributed by atoms with Gasteiger partial charge in [-0.15, -0.1) is 0 Å². The van der Waals surface area contributed by atoms with E-state index in [1.165, 1.54) is 65.7 Å². The molecule has 0 atom stereocenters. The average Bonchev–Trinajstić information content (AvgIpc) is 3.71. The van der Waals surface area contributed by atoms with Crippen LogP contribution in [0.25, 0.3) is 76.5 Å². The Morgan fingerprint density at radius 1 is 0.456 bits per heavy atom. The Bertz CT molecular complexity index is 3260. The molecule has 0 amide bonds. The zero-order chi connectivity index (χ0) is 38.6. The van der Waals surface area contributed by atoms with Crippen LogP contribution in [0.2, 0.25) is 0 Å². The highest BCUT2D eigenvalue weighted by atomic mass is 16.3. The SMILES string of the molecule is CC(C)(C)c1ccc(N(c2ccc3c(c2)-c2cc4ccccc4cc2C3(C)C)c2ccc3ccccc3c2-c2cccc3oc4ccccc4c23)c2ccccc12. The van der Waals surface area contributed by atoms with E-state index in [1.807, 2.05) is 0 Å². The molecule has 57 heavy (non-hydrogen) atoms. The summed E-state index contributed by atoms with van der Waals surface area (Å²) >= 11 is 0. The molecule has 0 bridgehead atoms. The molecular formula is C55H43NO. The molecular weight excluding hydrogens is 691 g/mol. The Morgan fingerprint density at radius 2 is 1.09 bits per heavy atom. The van der Waals surface area contributed by atoms with Crippen molar-refractivity contribution in [3.05, 3.63) is 187 Å². The second-order valence-electron chi connectivity index (χ2n) is 17.3. The number of para-hydroxylation sites is 1. The third-order valence-electron chi connectivity index (χ3n) is 12.6. The summed E-state index contributed by atoms with van der Waals surface area (Å²) in [5.41, 5.74) is 14.1. The lowest BCUT2D eigenvalue weighted by atomic mass is 9.82. The minimum Gasteiger partial charge on any atom is -0.456 e.